The van der Waals surface area contributed by atoms with Crippen LogP contribution in [0.5, 0.6) is 0 Å². The van der Waals surface area contributed by atoms with Crippen molar-refractivity contribution in [3.63, 3.8) is 0 Å². The highest BCUT2D eigenvalue weighted by molar-refractivity contribution is 7.99. The summed E-state index contributed by atoms with van der Waals surface area (Å²) in [6, 6.07) is 10.5. The lowest BCUT2D eigenvalue weighted by Gasteiger charge is -2.09. The summed E-state index contributed by atoms with van der Waals surface area (Å²) in [5.41, 5.74) is 3.27. The maximum atomic E-state index is 12.4. The summed E-state index contributed by atoms with van der Waals surface area (Å²) in [6.45, 7) is 4.12. The molecule has 0 spiro atoms. The number of nitrogens with one attached hydrogen (secondary N) is 2. The number of carbonyl (C=O) groups excluding carboxylic acids is 2. The van der Waals surface area contributed by atoms with Gasteiger partial charge in [-0.25, -0.2) is 0 Å². The molecule has 0 aliphatic heterocycles. The zero-order valence-electron chi connectivity index (χ0n) is 17.2. The van der Waals surface area contributed by atoms with E-state index in [1.54, 1.807) is 23.7 Å². The van der Waals surface area contributed by atoms with E-state index in [4.69, 9.17) is 23.2 Å². The van der Waals surface area contributed by atoms with E-state index in [1.165, 1.54) is 17.8 Å². The summed E-state index contributed by atoms with van der Waals surface area (Å²) in [5, 5.41) is 15.2. The molecule has 3 rings (SSSR count). The molecule has 0 saturated carbocycles. The topological polar surface area (TPSA) is 88.9 Å². The SMILES string of the molecule is Cc1ccc(NC(=O)CSc2nnc(CNC(=O)c3ccc(Cl)cc3Cl)n2C)c(C)c1. The second-order valence-corrected chi connectivity index (χ2v) is 8.71. The van der Waals surface area contributed by atoms with Gasteiger partial charge in [-0.3, -0.25) is 9.59 Å². The Morgan fingerprint density at radius 3 is 2.58 bits per heavy atom. The maximum Gasteiger partial charge on any atom is 0.253 e. The van der Waals surface area contributed by atoms with Gasteiger partial charge in [0.25, 0.3) is 5.91 Å². The van der Waals surface area contributed by atoms with Crippen molar-refractivity contribution in [1.29, 1.82) is 0 Å². The van der Waals surface area contributed by atoms with Crippen molar-refractivity contribution in [2.45, 2.75) is 25.5 Å². The molecule has 7 nitrogen and oxygen atoms in total. The molecule has 1 aromatic heterocycles. The second-order valence-electron chi connectivity index (χ2n) is 6.92. The van der Waals surface area contributed by atoms with E-state index in [1.807, 2.05) is 32.0 Å². The van der Waals surface area contributed by atoms with E-state index in [0.717, 1.165) is 16.8 Å². The van der Waals surface area contributed by atoms with Crippen LogP contribution in [0.1, 0.15) is 27.3 Å². The molecule has 0 radical (unpaired) electrons. The van der Waals surface area contributed by atoms with Crippen LogP contribution in [0.3, 0.4) is 0 Å². The Bertz CT molecular complexity index is 1130. The first-order chi connectivity index (χ1) is 14.7. The van der Waals surface area contributed by atoms with Crippen LogP contribution in [0.2, 0.25) is 10.0 Å². The van der Waals surface area contributed by atoms with E-state index >= 15 is 0 Å². The van der Waals surface area contributed by atoms with Gasteiger partial charge in [-0.2, -0.15) is 0 Å². The monoisotopic (exact) mass is 477 g/mol. The summed E-state index contributed by atoms with van der Waals surface area (Å²) < 4.78 is 1.73. The third kappa shape index (κ3) is 6.00. The Morgan fingerprint density at radius 2 is 1.87 bits per heavy atom. The highest BCUT2D eigenvalue weighted by Gasteiger charge is 2.15. The van der Waals surface area contributed by atoms with Crippen molar-refractivity contribution in [2.75, 3.05) is 11.1 Å². The summed E-state index contributed by atoms with van der Waals surface area (Å²) in [6.07, 6.45) is 0. The fourth-order valence-corrected chi connectivity index (χ4v) is 4.05. The number of anilines is 1. The van der Waals surface area contributed by atoms with Crippen LogP contribution in [0.4, 0.5) is 5.69 Å². The lowest BCUT2D eigenvalue weighted by molar-refractivity contribution is -0.113. The van der Waals surface area contributed by atoms with Gasteiger partial charge in [0.2, 0.25) is 5.91 Å². The number of aryl methyl sites for hydroxylation is 2. The molecule has 0 unspecified atom stereocenters. The average molecular weight is 478 g/mol. The predicted molar refractivity (Wildman–Crippen MR) is 124 cm³/mol. The van der Waals surface area contributed by atoms with Crippen molar-refractivity contribution in [3.05, 3.63) is 69.0 Å². The minimum atomic E-state index is -0.341. The van der Waals surface area contributed by atoms with Gasteiger partial charge < -0.3 is 15.2 Å². The van der Waals surface area contributed by atoms with Gasteiger partial charge in [-0.05, 0) is 43.7 Å². The largest absolute Gasteiger partial charge is 0.345 e. The summed E-state index contributed by atoms with van der Waals surface area (Å²) >= 11 is 13.2. The Morgan fingerprint density at radius 1 is 1.10 bits per heavy atom. The minimum Gasteiger partial charge on any atom is -0.345 e. The first-order valence-corrected chi connectivity index (χ1v) is 11.1. The van der Waals surface area contributed by atoms with Crippen molar-refractivity contribution < 1.29 is 9.59 Å². The average Bonchev–Trinajstić information content (AvgIpc) is 3.06. The van der Waals surface area contributed by atoms with Gasteiger partial charge in [-0.1, -0.05) is 52.7 Å². The molecule has 3 aromatic rings. The molecule has 0 atom stereocenters. The highest BCUT2D eigenvalue weighted by Crippen LogP contribution is 2.21. The van der Waals surface area contributed by atoms with Gasteiger partial charge >= 0.3 is 0 Å². The molecule has 0 saturated heterocycles. The van der Waals surface area contributed by atoms with E-state index in [0.29, 0.717) is 21.6 Å². The van der Waals surface area contributed by atoms with Crippen LogP contribution >= 0.6 is 35.0 Å². The third-order valence-corrected chi connectivity index (χ3v) is 6.06. The van der Waals surface area contributed by atoms with Gasteiger partial charge in [0, 0.05) is 17.8 Å². The van der Waals surface area contributed by atoms with Gasteiger partial charge in [0.1, 0.15) is 0 Å². The molecule has 0 aliphatic carbocycles. The van der Waals surface area contributed by atoms with Crippen molar-refractivity contribution in [3.8, 4) is 0 Å². The van der Waals surface area contributed by atoms with Gasteiger partial charge in [0.15, 0.2) is 11.0 Å². The standard InChI is InChI=1S/C21H21Cl2N5O2S/c1-12-4-7-17(13(2)8-12)25-19(29)11-31-21-27-26-18(28(21)3)10-24-20(30)15-6-5-14(22)9-16(15)23/h4-9H,10-11H2,1-3H3,(H,24,30)(H,25,29). The number of rotatable bonds is 7. The van der Waals surface area contributed by atoms with Crippen LogP contribution in [0, 0.1) is 13.8 Å². The number of hydrogen-bond donors (Lipinski definition) is 2. The fourth-order valence-electron chi connectivity index (χ4n) is 2.82. The van der Waals surface area contributed by atoms with E-state index < -0.39 is 0 Å². The van der Waals surface area contributed by atoms with E-state index in [2.05, 4.69) is 20.8 Å². The second kappa shape index (κ2) is 10.2. The molecular weight excluding hydrogens is 457 g/mol. The molecular formula is C21H21Cl2N5O2S. The number of benzene rings is 2. The molecule has 2 amide bonds. The van der Waals surface area contributed by atoms with Crippen molar-refractivity contribution >= 4 is 52.5 Å². The lowest BCUT2D eigenvalue weighted by Crippen LogP contribution is -2.24. The smallest absolute Gasteiger partial charge is 0.253 e. The summed E-state index contributed by atoms with van der Waals surface area (Å²) in [7, 11) is 1.78. The highest BCUT2D eigenvalue weighted by atomic mass is 35.5. The zero-order chi connectivity index (χ0) is 22.5. The predicted octanol–water partition coefficient (Wildman–Crippen LogP) is 4.40. The molecule has 162 valence electrons. The maximum absolute atomic E-state index is 12.4. The first-order valence-electron chi connectivity index (χ1n) is 9.36. The molecule has 10 heteroatoms. The Labute approximate surface area is 194 Å². The number of thioether (sulfide) groups is 1. The van der Waals surface area contributed by atoms with Crippen LogP contribution in [0.25, 0.3) is 0 Å². The fraction of sp³-hybridized carbons (Fsp3) is 0.238. The number of nitrogens with zero attached hydrogens (tertiary/aromatic N) is 3. The van der Waals surface area contributed by atoms with Crippen LogP contribution in [-0.2, 0) is 18.4 Å². The quantitative estimate of drug-likeness (QED) is 0.492. The number of amides is 2. The Balaban J connectivity index is 1.54. The van der Waals surface area contributed by atoms with Gasteiger partial charge in [0.05, 0.1) is 22.9 Å². The minimum absolute atomic E-state index is 0.132. The Hall–Kier alpha value is -2.55. The molecule has 31 heavy (non-hydrogen) atoms. The van der Waals surface area contributed by atoms with Crippen molar-refractivity contribution in [2.24, 2.45) is 7.05 Å². The lowest BCUT2D eigenvalue weighted by atomic mass is 10.1. The molecule has 2 N–H and O–H groups in total. The Kier molecular flexibility index (Phi) is 7.59. The third-order valence-electron chi connectivity index (χ3n) is 4.50. The number of halogens is 2. The zero-order valence-corrected chi connectivity index (χ0v) is 19.5. The van der Waals surface area contributed by atoms with Crippen LogP contribution < -0.4 is 10.6 Å². The van der Waals surface area contributed by atoms with Gasteiger partial charge in [-0.15, -0.1) is 10.2 Å². The summed E-state index contributed by atoms with van der Waals surface area (Å²) in [4.78, 5) is 24.7. The molecule has 0 bridgehead atoms. The van der Waals surface area contributed by atoms with E-state index in [-0.39, 0.29) is 29.1 Å². The first kappa shape index (κ1) is 23.1. The molecule has 2 aromatic carbocycles. The summed E-state index contributed by atoms with van der Waals surface area (Å²) in [5.74, 6) is 0.265. The molecule has 0 aliphatic rings. The van der Waals surface area contributed by atoms with Crippen molar-refractivity contribution in [1.82, 2.24) is 20.1 Å². The number of aromatic nitrogens is 3. The number of carbonyl (C=O) groups is 2. The number of hydrogen-bond acceptors (Lipinski definition) is 5. The normalized spacial score (nSPS) is 10.7. The van der Waals surface area contributed by atoms with E-state index in [9.17, 15) is 9.59 Å². The van der Waals surface area contributed by atoms with Crippen LogP contribution in [-0.4, -0.2) is 32.3 Å². The molecule has 0 fully saturated rings. The molecule has 1 heterocycles. The van der Waals surface area contributed by atoms with Crippen LogP contribution in [0.15, 0.2) is 41.6 Å².